The quantitative estimate of drug-likeness (QED) is 0.305. The molecular weight excluding hydrogens is 470 g/mol. The molecule has 0 radical (unpaired) electrons. The van der Waals surface area contributed by atoms with Gasteiger partial charge in [0.15, 0.2) is 33.2 Å². The second-order valence-electron chi connectivity index (χ2n) is 7.60. The van der Waals surface area contributed by atoms with Gasteiger partial charge in [-0.15, -0.1) is 21.5 Å². The van der Waals surface area contributed by atoms with Gasteiger partial charge in [0.05, 0.1) is 18.6 Å². The molecule has 0 spiro atoms. The van der Waals surface area contributed by atoms with Gasteiger partial charge in [-0.25, -0.2) is 4.98 Å². The molecule has 8 nitrogen and oxygen atoms in total. The molecule has 2 aromatic carbocycles. The van der Waals surface area contributed by atoms with Crippen molar-refractivity contribution in [1.82, 2.24) is 19.7 Å². The highest BCUT2D eigenvalue weighted by molar-refractivity contribution is 7.99. The zero-order chi connectivity index (χ0) is 23.7. The highest BCUT2D eigenvalue weighted by atomic mass is 32.2. The van der Waals surface area contributed by atoms with Crippen molar-refractivity contribution in [2.75, 3.05) is 18.2 Å². The number of nitrogens with zero attached hydrogens (tertiary/aromatic N) is 4. The molecule has 0 fully saturated rings. The van der Waals surface area contributed by atoms with Crippen molar-refractivity contribution in [3.05, 3.63) is 59.5 Å². The summed E-state index contributed by atoms with van der Waals surface area (Å²) in [5.41, 5.74) is 3.71. The zero-order valence-corrected chi connectivity index (χ0v) is 20.4. The van der Waals surface area contributed by atoms with E-state index in [-0.39, 0.29) is 11.7 Å². The van der Waals surface area contributed by atoms with Crippen molar-refractivity contribution in [2.24, 2.45) is 7.05 Å². The minimum absolute atomic E-state index is 0.159. The van der Waals surface area contributed by atoms with E-state index in [1.807, 2.05) is 67.9 Å². The SMILES string of the molecule is COc1cccc2cc(-c3nnc(SCC(=O)Nc4nc(-c5ccc(C)cc5)cs4)n3C)oc12. The molecule has 0 bridgehead atoms. The lowest BCUT2D eigenvalue weighted by molar-refractivity contribution is -0.113. The number of carbonyl (C=O) groups is 1. The molecule has 5 rings (SSSR count). The van der Waals surface area contributed by atoms with Gasteiger partial charge in [0.2, 0.25) is 5.91 Å². The van der Waals surface area contributed by atoms with Crippen LogP contribution >= 0.6 is 23.1 Å². The Hall–Kier alpha value is -3.63. The first kappa shape index (κ1) is 22.2. The third-order valence-corrected chi connectivity index (χ3v) is 6.99. The highest BCUT2D eigenvalue weighted by Gasteiger charge is 2.18. The number of furan rings is 1. The number of nitrogens with one attached hydrogen (secondary N) is 1. The fraction of sp³-hybridized carbons (Fsp3) is 0.167. The first-order valence-corrected chi connectivity index (χ1v) is 12.3. The number of para-hydroxylation sites is 1. The lowest BCUT2D eigenvalue weighted by atomic mass is 10.1. The molecule has 3 heterocycles. The summed E-state index contributed by atoms with van der Waals surface area (Å²) in [4.78, 5) is 17.0. The Morgan fingerprint density at radius 3 is 2.82 bits per heavy atom. The summed E-state index contributed by atoms with van der Waals surface area (Å²) in [6.45, 7) is 2.04. The number of fused-ring (bicyclic) bond motifs is 1. The summed E-state index contributed by atoms with van der Waals surface area (Å²) >= 11 is 2.70. The molecule has 0 aliphatic heterocycles. The number of rotatable bonds is 7. The second-order valence-corrected chi connectivity index (χ2v) is 9.40. The van der Waals surface area contributed by atoms with Gasteiger partial charge in [0.25, 0.3) is 0 Å². The predicted octanol–water partition coefficient (Wildman–Crippen LogP) is 5.40. The van der Waals surface area contributed by atoms with Gasteiger partial charge in [-0.1, -0.05) is 53.7 Å². The van der Waals surface area contributed by atoms with Crippen LogP contribution in [-0.4, -0.2) is 38.5 Å². The molecular formula is C24H21N5O3S2. The number of anilines is 1. The minimum Gasteiger partial charge on any atom is -0.493 e. The van der Waals surface area contributed by atoms with Crippen LogP contribution in [0.4, 0.5) is 5.13 Å². The van der Waals surface area contributed by atoms with E-state index in [4.69, 9.17) is 9.15 Å². The Kier molecular flexibility index (Phi) is 6.08. The number of aromatic nitrogens is 4. The fourth-order valence-corrected chi connectivity index (χ4v) is 4.88. The number of hydrogen-bond donors (Lipinski definition) is 1. The molecule has 0 saturated heterocycles. The summed E-state index contributed by atoms with van der Waals surface area (Å²) in [5.74, 6) is 1.83. The van der Waals surface area contributed by atoms with Crippen LogP contribution in [0.15, 0.2) is 63.5 Å². The summed E-state index contributed by atoms with van der Waals surface area (Å²) in [5, 5.41) is 15.4. The van der Waals surface area contributed by atoms with E-state index in [0.717, 1.165) is 16.6 Å². The van der Waals surface area contributed by atoms with Crippen LogP contribution in [0.3, 0.4) is 0 Å². The largest absolute Gasteiger partial charge is 0.493 e. The second kappa shape index (κ2) is 9.32. The number of methoxy groups -OCH3 is 1. The van der Waals surface area contributed by atoms with E-state index in [2.05, 4.69) is 20.5 Å². The summed E-state index contributed by atoms with van der Waals surface area (Å²) in [6, 6.07) is 15.7. The molecule has 5 aromatic rings. The third-order valence-electron chi connectivity index (χ3n) is 5.21. The number of thioether (sulfide) groups is 1. The molecule has 1 amide bonds. The first-order valence-electron chi connectivity index (χ1n) is 10.4. The molecule has 0 unspecified atom stereocenters. The summed E-state index contributed by atoms with van der Waals surface area (Å²) in [6.07, 6.45) is 0. The van der Waals surface area contributed by atoms with Gasteiger partial charge >= 0.3 is 0 Å². The van der Waals surface area contributed by atoms with Gasteiger partial charge in [0.1, 0.15) is 0 Å². The maximum Gasteiger partial charge on any atom is 0.236 e. The Balaban J connectivity index is 1.24. The first-order chi connectivity index (χ1) is 16.5. The number of thiazole rings is 1. The third kappa shape index (κ3) is 4.42. The molecule has 1 N–H and O–H groups in total. The van der Waals surface area contributed by atoms with Gasteiger partial charge in [-0.2, -0.15) is 0 Å². The van der Waals surface area contributed by atoms with Crippen molar-refractivity contribution in [1.29, 1.82) is 0 Å². The van der Waals surface area contributed by atoms with Gasteiger partial charge in [0, 0.05) is 23.4 Å². The maximum absolute atomic E-state index is 12.5. The predicted molar refractivity (Wildman–Crippen MR) is 134 cm³/mol. The maximum atomic E-state index is 12.5. The van der Waals surface area contributed by atoms with Crippen molar-refractivity contribution >= 4 is 45.1 Å². The van der Waals surface area contributed by atoms with Crippen LogP contribution in [0.5, 0.6) is 5.75 Å². The van der Waals surface area contributed by atoms with E-state index >= 15 is 0 Å². The van der Waals surface area contributed by atoms with Crippen LogP contribution in [0.2, 0.25) is 0 Å². The summed E-state index contributed by atoms with van der Waals surface area (Å²) < 4.78 is 13.2. The number of amides is 1. The number of aryl methyl sites for hydroxylation is 1. The smallest absolute Gasteiger partial charge is 0.236 e. The number of benzene rings is 2. The zero-order valence-electron chi connectivity index (χ0n) is 18.7. The lowest BCUT2D eigenvalue weighted by Crippen LogP contribution is -2.14. The highest BCUT2D eigenvalue weighted by Crippen LogP contribution is 2.33. The van der Waals surface area contributed by atoms with Gasteiger partial charge in [-0.3, -0.25) is 4.79 Å². The molecule has 0 aliphatic carbocycles. The molecule has 0 atom stereocenters. The van der Waals surface area contributed by atoms with E-state index in [0.29, 0.717) is 33.2 Å². The number of carbonyl (C=O) groups excluding carboxylic acids is 1. The van der Waals surface area contributed by atoms with E-state index in [1.54, 1.807) is 11.7 Å². The van der Waals surface area contributed by atoms with Crippen LogP contribution in [-0.2, 0) is 11.8 Å². The van der Waals surface area contributed by atoms with Crippen molar-refractivity contribution in [3.63, 3.8) is 0 Å². The van der Waals surface area contributed by atoms with Gasteiger partial charge in [-0.05, 0) is 19.1 Å². The fourth-order valence-electron chi connectivity index (χ4n) is 3.44. The van der Waals surface area contributed by atoms with Crippen LogP contribution < -0.4 is 10.1 Å². The van der Waals surface area contributed by atoms with Crippen LogP contribution in [0.1, 0.15) is 5.56 Å². The molecule has 34 heavy (non-hydrogen) atoms. The van der Waals surface area contributed by atoms with E-state index in [1.165, 1.54) is 28.7 Å². The Morgan fingerprint density at radius 2 is 2.03 bits per heavy atom. The normalized spacial score (nSPS) is 11.1. The van der Waals surface area contributed by atoms with Crippen molar-refractivity contribution in [3.8, 4) is 28.6 Å². The molecule has 172 valence electrons. The Labute approximate surface area is 204 Å². The Morgan fingerprint density at radius 1 is 1.21 bits per heavy atom. The van der Waals surface area contributed by atoms with Crippen LogP contribution in [0, 0.1) is 6.92 Å². The van der Waals surface area contributed by atoms with Crippen molar-refractivity contribution < 1.29 is 13.9 Å². The molecule has 0 aliphatic rings. The van der Waals surface area contributed by atoms with Gasteiger partial charge < -0.3 is 19.0 Å². The number of ether oxygens (including phenoxy) is 1. The molecule has 3 aromatic heterocycles. The lowest BCUT2D eigenvalue weighted by Gasteiger charge is -2.03. The van der Waals surface area contributed by atoms with Crippen LogP contribution in [0.25, 0.3) is 33.8 Å². The average Bonchev–Trinajstić information content (AvgIpc) is 3.56. The molecule has 10 heteroatoms. The minimum atomic E-state index is -0.159. The monoisotopic (exact) mass is 491 g/mol. The average molecular weight is 492 g/mol. The Bertz CT molecular complexity index is 1470. The van der Waals surface area contributed by atoms with E-state index in [9.17, 15) is 4.79 Å². The summed E-state index contributed by atoms with van der Waals surface area (Å²) in [7, 11) is 3.45. The topological polar surface area (TPSA) is 95.1 Å². The number of hydrogen-bond acceptors (Lipinski definition) is 8. The van der Waals surface area contributed by atoms with E-state index < -0.39 is 0 Å². The standard InChI is InChI=1S/C24H21N5O3S2/c1-14-7-9-15(10-8-14)17-12-33-23(25-17)26-20(30)13-34-24-28-27-22(29(24)2)19-11-16-5-4-6-18(31-3)21(16)32-19/h4-12H,13H2,1-3H3,(H,25,26,30). The molecule has 0 saturated carbocycles. The van der Waals surface area contributed by atoms with Crippen molar-refractivity contribution in [2.45, 2.75) is 12.1 Å².